The first kappa shape index (κ1) is 9.22. The van der Waals surface area contributed by atoms with Gasteiger partial charge in [0.25, 0.3) is 0 Å². The van der Waals surface area contributed by atoms with Gasteiger partial charge in [-0.05, 0) is 0 Å². The molecule has 0 bridgehead atoms. The van der Waals surface area contributed by atoms with Crippen LogP contribution >= 0.6 is 46.6 Å². The van der Waals surface area contributed by atoms with Crippen molar-refractivity contribution >= 4 is 46.6 Å². The monoisotopic (exact) mass is 192 g/mol. The number of alkyl halides is 3. The van der Waals surface area contributed by atoms with Crippen molar-refractivity contribution in [1.29, 1.82) is 0 Å². The summed E-state index contributed by atoms with van der Waals surface area (Å²) in [7, 11) is 0. The smallest absolute Gasteiger partial charge is 0.0924 e. The largest absolute Gasteiger partial charge is 0.140 e. The average molecular weight is 194 g/mol. The number of hydrogen-bond acceptors (Lipinski definition) is 1. The van der Waals surface area contributed by atoms with E-state index >= 15 is 0 Å². The van der Waals surface area contributed by atoms with Crippen molar-refractivity contribution in [1.82, 2.24) is 0 Å². The Morgan fingerprint density at radius 3 is 2.38 bits per heavy atom. The van der Waals surface area contributed by atoms with Crippen LogP contribution in [-0.2, 0) is 0 Å². The first-order valence-electron chi connectivity index (χ1n) is 2.19. The maximum absolute atomic E-state index is 5.62. The van der Waals surface area contributed by atoms with Crippen LogP contribution in [0.3, 0.4) is 0 Å². The molecule has 0 saturated heterocycles. The minimum absolute atomic E-state index is 0.0235. The van der Waals surface area contributed by atoms with Gasteiger partial charge in [0.15, 0.2) is 0 Å². The van der Waals surface area contributed by atoms with Crippen LogP contribution in [-0.4, -0.2) is 22.2 Å². The molecule has 0 nitrogen and oxygen atoms in total. The fraction of sp³-hybridized carbons (Fsp3) is 1.00. The van der Waals surface area contributed by atoms with Gasteiger partial charge in [0.1, 0.15) is 0 Å². The summed E-state index contributed by atoms with van der Waals surface area (Å²) >= 11 is 18.0. The molecule has 4 heteroatoms. The molecule has 0 rings (SSSR count). The summed E-state index contributed by atoms with van der Waals surface area (Å²) < 4.78 is 0.0235. The summed E-state index contributed by atoms with van der Waals surface area (Å²) in [6.07, 6.45) is 0. The molecule has 0 fully saturated rings. The molecule has 0 radical (unpaired) electrons. The van der Waals surface area contributed by atoms with E-state index in [0.29, 0.717) is 11.8 Å². The maximum atomic E-state index is 5.62. The Morgan fingerprint density at radius 2 is 2.00 bits per heavy atom. The van der Waals surface area contributed by atoms with Crippen LogP contribution in [0, 0.1) is 0 Å². The van der Waals surface area contributed by atoms with Gasteiger partial charge in [-0.3, -0.25) is 0 Å². The molecular weight excluding hydrogens is 186 g/mol. The van der Waals surface area contributed by atoms with E-state index < -0.39 is 0 Å². The molecule has 50 valence electrons. The molecule has 0 heterocycles. The highest BCUT2D eigenvalue weighted by Gasteiger charge is 1.99. The predicted octanol–water partition coefficient (Wildman–Crippen LogP) is 2.76. The van der Waals surface area contributed by atoms with Gasteiger partial charge in [-0.25, -0.2) is 0 Å². The summed E-state index contributed by atoms with van der Waals surface area (Å²) in [6, 6.07) is 0. The van der Waals surface area contributed by atoms with E-state index in [-0.39, 0.29) is 4.71 Å². The molecular formula is C4H7Cl3S. The predicted molar refractivity (Wildman–Crippen MR) is 43.5 cm³/mol. The third-order valence-electron chi connectivity index (χ3n) is 0.497. The van der Waals surface area contributed by atoms with Crippen molar-refractivity contribution in [3.8, 4) is 0 Å². The fourth-order valence-corrected chi connectivity index (χ4v) is 1.45. The second-order valence-electron chi connectivity index (χ2n) is 1.12. The Labute approximate surface area is 68.9 Å². The normalized spacial score (nSPS) is 13.9. The van der Waals surface area contributed by atoms with E-state index in [2.05, 4.69) is 0 Å². The van der Waals surface area contributed by atoms with Gasteiger partial charge < -0.3 is 0 Å². The van der Waals surface area contributed by atoms with Crippen LogP contribution in [0.4, 0.5) is 0 Å². The highest BCUT2D eigenvalue weighted by atomic mass is 35.5. The molecule has 0 aromatic rings. The highest BCUT2D eigenvalue weighted by Crippen LogP contribution is 2.15. The number of thioether (sulfide) groups is 1. The molecule has 0 N–H and O–H groups in total. The van der Waals surface area contributed by atoms with Crippen molar-refractivity contribution in [3.63, 3.8) is 0 Å². The molecule has 0 amide bonds. The van der Waals surface area contributed by atoms with Crippen LogP contribution in [0.15, 0.2) is 0 Å². The summed E-state index contributed by atoms with van der Waals surface area (Å²) in [5, 5.41) is 0. The molecule has 0 spiro atoms. The molecule has 0 aliphatic rings. The Balaban J connectivity index is 2.86. The zero-order valence-corrected chi connectivity index (χ0v) is 7.33. The van der Waals surface area contributed by atoms with Gasteiger partial charge in [0.2, 0.25) is 0 Å². The molecule has 0 saturated carbocycles. The van der Waals surface area contributed by atoms with Crippen LogP contribution in [0.25, 0.3) is 0 Å². The zero-order chi connectivity index (χ0) is 6.41. The summed E-state index contributed by atoms with van der Waals surface area (Å²) in [5.41, 5.74) is 0. The van der Waals surface area contributed by atoms with Gasteiger partial charge in [-0.1, -0.05) is 0 Å². The zero-order valence-electron chi connectivity index (χ0n) is 4.24. The van der Waals surface area contributed by atoms with E-state index in [1.165, 1.54) is 0 Å². The standard InChI is InChI=1S/C4H7Cl3S/c5-1-2-8-4(7)3-6/h4H,1-3H2. The highest BCUT2D eigenvalue weighted by molar-refractivity contribution is 8.01. The molecule has 0 aliphatic heterocycles. The SMILES string of the molecule is ClCCSC(Cl)CCl. The van der Waals surface area contributed by atoms with E-state index in [1.54, 1.807) is 11.8 Å². The molecule has 1 unspecified atom stereocenters. The molecule has 8 heavy (non-hydrogen) atoms. The molecule has 1 atom stereocenters. The second-order valence-corrected chi connectivity index (χ2v) is 3.91. The summed E-state index contributed by atoms with van der Waals surface area (Å²) in [4.78, 5) is 0. The van der Waals surface area contributed by atoms with Gasteiger partial charge in [0.05, 0.1) is 4.71 Å². The quantitative estimate of drug-likeness (QED) is 0.619. The lowest BCUT2D eigenvalue weighted by atomic mass is 10.9. The van der Waals surface area contributed by atoms with Crippen molar-refractivity contribution in [2.24, 2.45) is 0 Å². The van der Waals surface area contributed by atoms with E-state index in [9.17, 15) is 0 Å². The van der Waals surface area contributed by atoms with Gasteiger partial charge >= 0.3 is 0 Å². The maximum Gasteiger partial charge on any atom is 0.0924 e. The molecule has 0 aromatic carbocycles. The van der Waals surface area contributed by atoms with Crippen LogP contribution in [0.1, 0.15) is 0 Å². The molecule has 0 aromatic heterocycles. The number of rotatable bonds is 4. The summed E-state index contributed by atoms with van der Waals surface area (Å²) in [5.74, 6) is 2.01. The van der Waals surface area contributed by atoms with Crippen molar-refractivity contribution < 1.29 is 0 Å². The summed E-state index contributed by atoms with van der Waals surface area (Å²) in [6.45, 7) is 0. The third kappa shape index (κ3) is 5.36. The fourth-order valence-electron chi connectivity index (χ4n) is 0.217. The van der Waals surface area contributed by atoms with Gasteiger partial charge in [-0.2, -0.15) is 0 Å². The topological polar surface area (TPSA) is 0 Å². The first-order valence-corrected chi connectivity index (χ1v) is 4.74. The minimum atomic E-state index is 0.0235. The lowest BCUT2D eigenvalue weighted by Gasteiger charge is -2.00. The first-order chi connectivity index (χ1) is 3.81. The minimum Gasteiger partial charge on any atom is -0.140 e. The van der Waals surface area contributed by atoms with Crippen molar-refractivity contribution in [3.05, 3.63) is 0 Å². The van der Waals surface area contributed by atoms with E-state index in [0.717, 1.165) is 5.75 Å². The van der Waals surface area contributed by atoms with Crippen molar-refractivity contribution in [2.45, 2.75) is 4.71 Å². The Kier molecular flexibility index (Phi) is 7.31. The average Bonchev–Trinajstić information content (AvgIpc) is 1.83. The molecule has 0 aliphatic carbocycles. The van der Waals surface area contributed by atoms with Gasteiger partial charge in [-0.15, -0.1) is 46.6 Å². The Morgan fingerprint density at radius 1 is 1.38 bits per heavy atom. The van der Waals surface area contributed by atoms with Gasteiger partial charge in [0, 0.05) is 17.5 Å². The Bertz CT molecular complexity index is 50.5. The van der Waals surface area contributed by atoms with E-state index in [1.807, 2.05) is 0 Å². The Hall–Kier alpha value is 1.22. The van der Waals surface area contributed by atoms with Crippen LogP contribution < -0.4 is 0 Å². The second kappa shape index (κ2) is 6.34. The van der Waals surface area contributed by atoms with Crippen LogP contribution in [0.5, 0.6) is 0 Å². The van der Waals surface area contributed by atoms with E-state index in [4.69, 9.17) is 34.8 Å². The lowest BCUT2D eigenvalue weighted by Crippen LogP contribution is -1.94. The van der Waals surface area contributed by atoms with Crippen molar-refractivity contribution in [2.75, 3.05) is 17.5 Å². The third-order valence-corrected chi connectivity index (χ3v) is 3.06. The lowest BCUT2D eigenvalue weighted by molar-refractivity contribution is 1.39. The van der Waals surface area contributed by atoms with Crippen LogP contribution in [0.2, 0.25) is 0 Å². The number of hydrogen-bond donors (Lipinski definition) is 0. The number of halogens is 3.